The van der Waals surface area contributed by atoms with Crippen molar-refractivity contribution in [2.24, 2.45) is 5.73 Å². The highest BCUT2D eigenvalue weighted by molar-refractivity contribution is 6.32. The maximum absolute atomic E-state index is 15.1. The third-order valence-electron chi connectivity index (χ3n) is 17.5. The number of aromatic nitrogens is 1. The molecule has 105 heavy (non-hydrogen) atoms. The second-order valence-corrected chi connectivity index (χ2v) is 28.1. The van der Waals surface area contributed by atoms with Crippen molar-refractivity contribution in [1.29, 1.82) is 0 Å². The molecule has 1 aromatic heterocycles. The van der Waals surface area contributed by atoms with Gasteiger partial charge in [0.25, 0.3) is 0 Å². The van der Waals surface area contributed by atoms with Crippen molar-refractivity contribution in [2.45, 2.75) is 129 Å². The van der Waals surface area contributed by atoms with Gasteiger partial charge >= 0.3 is 30.2 Å². The molecule has 4 amide bonds. The van der Waals surface area contributed by atoms with E-state index < -0.39 is 76.7 Å². The molecule has 11 rings (SSSR count). The predicted octanol–water partition coefficient (Wildman–Crippen LogP) is 17.0. The first-order chi connectivity index (χ1) is 49.3. The first-order valence-corrected chi connectivity index (χ1v) is 35.0. The molecule has 7 N–H and O–H groups in total. The summed E-state index contributed by atoms with van der Waals surface area (Å²) >= 11 is 13.7. The van der Waals surface area contributed by atoms with Crippen LogP contribution in [-0.2, 0) is 55.7 Å². The Hall–Kier alpha value is -10.8. The van der Waals surface area contributed by atoms with Gasteiger partial charge in [0.15, 0.2) is 11.2 Å². The summed E-state index contributed by atoms with van der Waals surface area (Å²) in [5.74, 6) is -2.34. The summed E-state index contributed by atoms with van der Waals surface area (Å²) in [5, 5.41) is 12.7. The van der Waals surface area contributed by atoms with Crippen LogP contribution in [-0.4, -0.2) is 90.1 Å². The molecular weight excluding hydrogens is 1370 g/mol. The van der Waals surface area contributed by atoms with Gasteiger partial charge in [-0.05, 0) is 114 Å². The number of para-hydroxylation sites is 1. The fourth-order valence-electron chi connectivity index (χ4n) is 12.6. The lowest BCUT2D eigenvalue weighted by molar-refractivity contribution is -0.157. The average Bonchev–Trinajstić information content (AvgIpc) is 1.55. The van der Waals surface area contributed by atoms with Gasteiger partial charge < -0.3 is 55.7 Å². The van der Waals surface area contributed by atoms with Crippen molar-refractivity contribution in [3.8, 4) is 11.1 Å². The van der Waals surface area contributed by atoms with Crippen molar-refractivity contribution >= 4 is 70.2 Å². The highest BCUT2D eigenvalue weighted by atomic mass is 35.5. The zero-order valence-electron chi connectivity index (χ0n) is 59.3. The molecule has 1 aliphatic carbocycles. The van der Waals surface area contributed by atoms with E-state index in [0.717, 1.165) is 61.0 Å². The SMILES string of the molecule is C.Cc1ccc(C(OC(=O)C(CCNC(=O)OC(C)(C)C)NC(=O)C(Cc2c[nH]c3ccccc23)NC(=O)OCC2c3ccccc3-c3ccccc32)(c2ccccc2)c2ccccc2Cl)cc1.Cc1ccc(C(OC(=O)C(N)CCNC(=O)OC(C)(C)C)(c2ccccc2)c2ccccc2Cl)cc1.F. The van der Waals surface area contributed by atoms with Gasteiger partial charge in [-0.2, -0.15) is 0 Å². The summed E-state index contributed by atoms with van der Waals surface area (Å²) in [7, 11) is 0. The molecule has 548 valence electrons. The number of nitrogens with two attached hydrogens (primary N) is 1. The van der Waals surface area contributed by atoms with Gasteiger partial charge in [0, 0.05) is 86.0 Å². The lowest BCUT2D eigenvalue weighted by Gasteiger charge is -2.37. The Kier molecular flexibility index (Phi) is 27.1. The van der Waals surface area contributed by atoms with Crippen molar-refractivity contribution in [2.75, 3.05) is 19.7 Å². The van der Waals surface area contributed by atoms with Gasteiger partial charge in [-0.15, -0.1) is 0 Å². The number of amides is 4. The Balaban J connectivity index is 0.000000311. The first kappa shape index (κ1) is 79.9. The molecule has 0 saturated heterocycles. The van der Waals surface area contributed by atoms with Gasteiger partial charge in [-0.1, -0.05) is 254 Å². The van der Waals surface area contributed by atoms with Gasteiger partial charge in [0.1, 0.15) is 35.9 Å². The summed E-state index contributed by atoms with van der Waals surface area (Å²) in [5.41, 5.74) is 13.6. The van der Waals surface area contributed by atoms with E-state index in [4.69, 9.17) is 52.6 Å². The minimum atomic E-state index is -1.60. The normalized spacial score (nSPS) is 13.6. The van der Waals surface area contributed by atoms with Crippen LogP contribution in [0.5, 0.6) is 0 Å². The van der Waals surface area contributed by atoms with Crippen LogP contribution in [0.15, 0.2) is 237 Å². The van der Waals surface area contributed by atoms with Crippen molar-refractivity contribution in [1.82, 2.24) is 26.3 Å². The molecule has 9 aromatic carbocycles. The Morgan fingerprint density at radius 1 is 0.476 bits per heavy atom. The molecular formula is C85H91Cl2FN6O11. The maximum atomic E-state index is 15.1. The van der Waals surface area contributed by atoms with Gasteiger partial charge in [-0.3, -0.25) is 14.3 Å². The lowest BCUT2D eigenvalue weighted by Crippen LogP contribution is -2.54. The number of nitrogens with one attached hydrogen (secondary N) is 5. The van der Waals surface area contributed by atoms with E-state index in [1.165, 1.54) is 0 Å². The van der Waals surface area contributed by atoms with Crippen LogP contribution in [0.1, 0.15) is 129 Å². The molecule has 17 nitrogen and oxygen atoms in total. The van der Waals surface area contributed by atoms with Crippen LogP contribution < -0.4 is 27.0 Å². The molecule has 0 bridgehead atoms. The number of rotatable bonds is 23. The number of ether oxygens (including phenoxy) is 5. The van der Waals surface area contributed by atoms with Gasteiger partial charge in [-0.25, -0.2) is 19.2 Å². The first-order valence-electron chi connectivity index (χ1n) is 34.2. The van der Waals surface area contributed by atoms with E-state index in [-0.39, 0.29) is 57.0 Å². The number of benzene rings is 9. The largest absolute Gasteiger partial charge is 0.449 e. The third-order valence-corrected chi connectivity index (χ3v) is 18.1. The minimum absolute atomic E-state index is 0. The number of halogens is 3. The molecule has 1 aliphatic rings. The van der Waals surface area contributed by atoms with Crippen LogP contribution in [0.4, 0.5) is 19.1 Å². The number of esters is 2. The fraction of sp³-hybridized carbons (Fsp3) is 0.271. The average molecular weight is 1460 g/mol. The summed E-state index contributed by atoms with van der Waals surface area (Å²) < 4.78 is 29.8. The minimum Gasteiger partial charge on any atom is -0.449 e. The van der Waals surface area contributed by atoms with E-state index in [9.17, 15) is 24.0 Å². The lowest BCUT2D eigenvalue weighted by atomic mass is 9.79. The third kappa shape index (κ3) is 19.7. The van der Waals surface area contributed by atoms with Gasteiger partial charge in [0.05, 0.1) is 0 Å². The molecule has 10 aromatic rings. The zero-order valence-corrected chi connectivity index (χ0v) is 60.8. The Morgan fingerprint density at radius 3 is 1.38 bits per heavy atom. The van der Waals surface area contributed by atoms with Crippen LogP contribution in [0.2, 0.25) is 10.0 Å². The molecule has 0 fully saturated rings. The van der Waals surface area contributed by atoms with Crippen LogP contribution in [0.3, 0.4) is 0 Å². The predicted molar refractivity (Wildman–Crippen MR) is 411 cm³/mol. The Labute approximate surface area is 623 Å². The molecule has 5 unspecified atom stereocenters. The van der Waals surface area contributed by atoms with E-state index in [0.29, 0.717) is 32.3 Å². The number of hydrogen-bond donors (Lipinski definition) is 6. The summed E-state index contributed by atoms with van der Waals surface area (Å²) in [4.78, 5) is 85.4. The number of H-pyrrole nitrogens is 1. The van der Waals surface area contributed by atoms with E-state index in [1.807, 2.05) is 208 Å². The zero-order chi connectivity index (χ0) is 73.5. The molecule has 0 aliphatic heterocycles. The van der Waals surface area contributed by atoms with Gasteiger partial charge in [0.2, 0.25) is 5.91 Å². The molecule has 0 saturated carbocycles. The topological polar surface area (TPSA) is 238 Å². The van der Waals surface area contributed by atoms with E-state index in [2.05, 4.69) is 38.4 Å². The van der Waals surface area contributed by atoms with Crippen LogP contribution >= 0.6 is 23.2 Å². The van der Waals surface area contributed by atoms with Crippen LogP contribution in [0, 0.1) is 13.8 Å². The van der Waals surface area contributed by atoms with Crippen molar-refractivity contribution in [3.05, 3.63) is 308 Å². The highest BCUT2D eigenvalue weighted by Gasteiger charge is 2.46. The molecule has 20 heteroatoms. The maximum Gasteiger partial charge on any atom is 0.407 e. The van der Waals surface area contributed by atoms with Crippen molar-refractivity contribution < 1.29 is 57.2 Å². The molecule has 0 radical (unpaired) electrons. The molecule has 1 heterocycles. The van der Waals surface area contributed by atoms with Crippen molar-refractivity contribution in [3.63, 3.8) is 0 Å². The molecule has 0 spiro atoms. The van der Waals surface area contributed by atoms with Crippen LogP contribution in [0.25, 0.3) is 22.0 Å². The smallest absolute Gasteiger partial charge is 0.407 e. The Bertz CT molecular complexity index is 4560. The quantitative estimate of drug-likeness (QED) is 0.0199. The highest BCUT2D eigenvalue weighted by Crippen LogP contribution is 2.47. The number of carbonyl (C=O) groups excluding carboxylic acids is 6. The second-order valence-electron chi connectivity index (χ2n) is 27.3. The number of alkyl carbamates (subject to hydrolysis) is 3. The summed E-state index contributed by atoms with van der Waals surface area (Å²) in [6.45, 7) is 14.6. The molecule has 5 atom stereocenters. The van der Waals surface area contributed by atoms with E-state index >= 15 is 4.79 Å². The monoisotopic (exact) mass is 1460 g/mol. The fourth-order valence-corrected chi connectivity index (χ4v) is 13.1. The standard InChI is InChI=1S/C55H53ClN4O7.C29H33ClN2O4.CH4.FH/c1-35-26-28-38(29-27-35)55(37-16-6-5-7-17-37,45-23-13-14-24-46(45)56)66-51(62)48(30-31-57-52(63)67-54(2,3)4)59-50(61)49(32-36-33-58-47-25-15-12-18-39(36)47)60-53(64)65-34-44-42-21-10-8-19-40(42)41-20-9-11-22-43(41)44;1-20-14-16-22(17-15-20)29(21-10-6-5-7-11-21,23-12-8-9-13-24(23)30)35-26(33)25(31)18-19-32-27(34)36-28(2,3)4;;/h5-29,33,44,48-49,58H,30-32,34H2,1-4H3,(H,57,63)(H,59,61)(H,60,64);5-17,25H,18-19,31H2,1-4H3,(H,32,34);1H4;1H. The summed E-state index contributed by atoms with van der Waals surface area (Å²) in [6.07, 6.45) is -0.203. The number of hydrogen-bond acceptors (Lipinski definition) is 12. The number of aromatic amines is 1. The van der Waals surface area contributed by atoms with E-state index in [1.54, 1.807) is 72.0 Å². The number of carbonyl (C=O) groups is 6. The summed E-state index contributed by atoms with van der Waals surface area (Å²) in [6, 6.07) is 68.6. The second kappa shape index (κ2) is 35.6. The number of fused-ring (bicyclic) bond motifs is 4. The Morgan fingerprint density at radius 2 is 0.895 bits per heavy atom. The number of aryl methyl sites for hydroxylation is 2.